The van der Waals surface area contributed by atoms with Crippen LogP contribution in [0.1, 0.15) is 39.0 Å². The van der Waals surface area contributed by atoms with E-state index in [1.807, 2.05) is 0 Å². The molecular weight excluding hydrogens is 840 g/mol. The number of carboxylic acid groups (broad SMARTS) is 1. The second-order valence-corrected chi connectivity index (χ2v) is 15.3. The maximum atomic E-state index is 13.5. The Bertz CT molecular complexity index is 1370. The number of aliphatic hydroxyl groups excluding tert-OH is 11. The van der Waals surface area contributed by atoms with Crippen molar-refractivity contribution in [3.8, 4) is 0 Å². The van der Waals surface area contributed by atoms with Crippen molar-refractivity contribution in [1.29, 1.82) is 0 Å². The molecule has 3 saturated heterocycles. The maximum absolute atomic E-state index is 13.5. The molecule has 15 N–H and O–H groups in total. The summed E-state index contributed by atoms with van der Waals surface area (Å²) in [6.45, 7) is -2.59. The predicted molar refractivity (Wildman–Crippen MR) is 203 cm³/mol. The largest absolute Gasteiger partial charge is 0.481 e. The molecule has 3 aliphatic rings. The van der Waals surface area contributed by atoms with Crippen molar-refractivity contribution in [3.05, 3.63) is 0 Å². The summed E-state index contributed by atoms with van der Waals surface area (Å²) in [5.41, 5.74) is 0. The van der Waals surface area contributed by atoms with Crippen LogP contribution in [-0.2, 0) is 47.6 Å². The van der Waals surface area contributed by atoms with Crippen LogP contribution in [0.4, 0.5) is 0 Å². The number of unbranched alkanes of at least 4 members (excludes halogenated alkanes) is 2. The van der Waals surface area contributed by atoms with E-state index in [9.17, 15) is 75.3 Å². The van der Waals surface area contributed by atoms with Crippen molar-refractivity contribution in [1.82, 2.24) is 20.9 Å². The molecule has 62 heavy (non-hydrogen) atoms. The first-order valence-corrected chi connectivity index (χ1v) is 20.3. The van der Waals surface area contributed by atoms with Gasteiger partial charge in [0, 0.05) is 19.5 Å². The second kappa shape index (κ2) is 26.8. The number of rotatable bonds is 26. The highest BCUT2D eigenvalue weighted by Crippen LogP contribution is 2.24. The van der Waals surface area contributed by atoms with Crippen LogP contribution in [0.3, 0.4) is 0 Å². The molecule has 26 heteroatoms. The van der Waals surface area contributed by atoms with E-state index in [0.29, 0.717) is 19.3 Å². The lowest BCUT2D eigenvalue weighted by Gasteiger charge is -2.40. The number of nitrogens with one attached hydrogen (secondary N) is 3. The quantitative estimate of drug-likeness (QED) is 0.0358. The number of carbonyl (C=O) groups is 4. The van der Waals surface area contributed by atoms with Crippen molar-refractivity contribution >= 4 is 23.7 Å². The van der Waals surface area contributed by atoms with Gasteiger partial charge in [0.2, 0.25) is 17.7 Å². The summed E-state index contributed by atoms with van der Waals surface area (Å²) < 4.78 is 32.7. The van der Waals surface area contributed by atoms with Crippen LogP contribution in [0.2, 0.25) is 0 Å². The number of nitrogens with zero attached hydrogens (tertiary/aromatic N) is 1. The predicted octanol–water partition coefficient (Wildman–Crippen LogP) is -8.48. The van der Waals surface area contributed by atoms with Gasteiger partial charge in [-0.2, -0.15) is 0 Å². The first-order valence-electron chi connectivity index (χ1n) is 20.3. The fourth-order valence-corrected chi connectivity index (χ4v) is 6.63. The van der Waals surface area contributed by atoms with E-state index >= 15 is 0 Å². The molecule has 3 aliphatic heterocycles. The number of carbonyl (C=O) groups excluding carboxylic acids is 3. The number of ether oxygens (including phenoxy) is 6. The molecule has 3 heterocycles. The number of hydrogen-bond donors (Lipinski definition) is 15. The average molecular weight is 905 g/mol. The summed E-state index contributed by atoms with van der Waals surface area (Å²) >= 11 is 0. The Kier molecular flexibility index (Phi) is 23.1. The van der Waals surface area contributed by atoms with Crippen LogP contribution in [0.5, 0.6) is 0 Å². The SMILES string of the molecule is C[C@@H]1O[C@@H](OCCNC(=O)CN(CC(=O)NCCCCCC(=O)O)CC(=O)NC(CCO[C@H]2O[C@H](CO)[C@@H](O)[C@H](O)[C@@H]2O)CO[C@H]2O[C@H](CO)[C@@H](O)[C@H](O)[C@@H]2O)[C@@H](O)[C@H](O)[C@@H]1O. The van der Waals surface area contributed by atoms with Gasteiger partial charge in [0.05, 0.1) is 64.8 Å². The zero-order chi connectivity index (χ0) is 46.1. The number of aliphatic hydroxyl groups is 11. The lowest BCUT2D eigenvalue weighted by atomic mass is 9.99. The van der Waals surface area contributed by atoms with Gasteiger partial charge in [-0.1, -0.05) is 6.42 Å². The standard InChI is InChI=1S/C36H64N4O22/c1-17-25(48)28(51)31(54)34(60-17)58-10-8-38-22(44)12-40(11-21(43)37-7-4-2-3-5-24(46)47)13-23(45)39-18(16-59-36-33(56)30(53)27(50)20(15-42)62-36)6-9-57-35-32(55)29(52)26(49)19(14-41)61-35/h17-20,25-36,41-42,48-56H,2-16H2,1H3,(H,37,43)(H,38,44)(H,39,45)(H,46,47)/t17-,18?,19+,20+,25+,26+,27+,28+,29-,30-,31-,32-,33-,34+,35-,36-/m0/s1. The smallest absolute Gasteiger partial charge is 0.303 e. The van der Waals surface area contributed by atoms with E-state index in [1.54, 1.807) is 0 Å². The molecule has 0 spiro atoms. The van der Waals surface area contributed by atoms with Crippen molar-refractivity contribution < 1.29 is 109 Å². The third kappa shape index (κ3) is 16.6. The van der Waals surface area contributed by atoms with Gasteiger partial charge in [-0.25, -0.2) is 0 Å². The Labute approximate surface area is 356 Å². The van der Waals surface area contributed by atoms with Crippen LogP contribution in [0, 0.1) is 0 Å². The molecular formula is C36H64N4O22. The maximum Gasteiger partial charge on any atom is 0.303 e. The molecule has 0 aromatic carbocycles. The van der Waals surface area contributed by atoms with Crippen molar-refractivity contribution in [2.75, 3.05) is 65.8 Å². The van der Waals surface area contributed by atoms with Gasteiger partial charge in [0.1, 0.15) is 67.1 Å². The average Bonchev–Trinajstić information content (AvgIpc) is 3.23. The number of hydrogen-bond acceptors (Lipinski definition) is 22. The molecule has 0 bridgehead atoms. The molecule has 26 nitrogen and oxygen atoms in total. The Balaban J connectivity index is 1.67. The Morgan fingerprint density at radius 2 is 1.06 bits per heavy atom. The molecule has 16 atom stereocenters. The third-order valence-electron chi connectivity index (χ3n) is 10.3. The summed E-state index contributed by atoms with van der Waals surface area (Å²) in [4.78, 5) is 51.4. The van der Waals surface area contributed by atoms with Crippen molar-refractivity contribution in [2.24, 2.45) is 0 Å². The zero-order valence-corrected chi connectivity index (χ0v) is 34.2. The Morgan fingerprint density at radius 3 is 1.61 bits per heavy atom. The first-order chi connectivity index (χ1) is 29.4. The molecule has 1 unspecified atom stereocenters. The number of carboxylic acids is 1. The van der Waals surface area contributed by atoms with Gasteiger partial charge in [-0.3, -0.25) is 24.1 Å². The summed E-state index contributed by atoms with van der Waals surface area (Å²) in [5, 5.41) is 127. The Morgan fingerprint density at radius 1 is 0.581 bits per heavy atom. The highest BCUT2D eigenvalue weighted by Gasteiger charge is 2.46. The highest BCUT2D eigenvalue weighted by atomic mass is 16.7. The lowest BCUT2D eigenvalue weighted by molar-refractivity contribution is -0.304. The van der Waals surface area contributed by atoms with Crippen LogP contribution >= 0.6 is 0 Å². The van der Waals surface area contributed by atoms with Gasteiger partial charge in [0.25, 0.3) is 0 Å². The molecule has 3 amide bonds. The van der Waals surface area contributed by atoms with Gasteiger partial charge in [-0.15, -0.1) is 0 Å². The molecule has 0 aromatic heterocycles. The van der Waals surface area contributed by atoms with Gasteiger partial charge in [-0.05, 0) is 26.2 Å². The van der Waals surface area contributed by atoms with Crippen LogP contribution < -0.4 is 16.0 Å². The van der Waals surface area contributed by atoms with E-state index in [-0.39, 0.29) is 39.1 Å². The second-order valence-electron chi connectivity index (χ2n) is 15.3. The van der Waals surface area contributed by atoms with E-state index in [4.69, 9.17) is 33.5 Å². The first kappa shape index (κ1) is 53.5. The summed E-state index contributed by atoms with van der Waals surface area (Å²) in [6.07, 6.45) is -21.6. The van der Waals surface area contributed by atoms with Crippen LogP contribution in [0.25, 0.3) is 0 Å². The van der Waals surface area contributed by atoms with E-state index in [0.717, 1.165) is 0 Å². The topological polar surface area (TPSA) is 406 Å². The molecule has 360 valence electrons. The molecule has 3 fully saturated rings. The minimum absolute atomic E-state index is 0.0378. The number of amides is 3. The third-order valence-corrected chi connectivity index (χ3v) is 10.3. The monoisotopic (exact) mass is 904 g/mol. The minimum atomic E-state index is -1.80. The van der Waals surface area contributed by atoms with Gasteiger partial charge < -0.3 is 106 Å². The van der Waals surface area contributed by atoms with E-state index < -0.39 is 161 Å². The lowest BCUT2D eigenvalue weighted by Crippen LogP contribution is -2.60. The van der Waals surface area contributed by atoms with E-state index in [1.165, 1.54) is 11.8 Å². The van der Waals surface area contributed by atoms with Crippen LogP contribution in [-0.4, -0.2) is 254 Å². The Hall–Kier alpha value is -2.84. The fraction of sp³-hybridized carbons (Fsp3) is 0.889. The molecule has 0 saturated carbocycles. The fourth-order valence-electron chi connectivity index (χ4n) is 6.63. The molecule has 3 rings (SSSR count). The van der Waals surface area contributed by atoms with Crippen LogP contribution in [0.15, 0.2) is 0 Å². The normalized spacial score (nSPS) is 34.4. The van der Waals surface area contributed by atoms with Crippen molar-refractivity contribution in [2.45, 2.75) is 137 Å². The summed E-state index contributed by atoms with van der Waals surface area (Å²) in [7, 11) is 0. The van der Waals surface area contributed by atoms with Crippen molar-refractivity contribution in [3.63, 3.8) is 0 Å². The minimum Gasteiger partial charge on any atom is -0.481 e. The molecule has 0 aliphatic carbocycles. The highest BCUT2D eigenvalue weighted by molar-refractivity contribution is 5.84. The summed E-state index contributed by atoms with van der Waals surface area (Å²) in [5.74, 6) is -2.99. The summed E-state index contributed by atoms with van der Waals surface area (Å²) in [6, 6.07) is -1.06. The number of aliphatic carboxylic acids is 1. The van der Waals surface area contributed by atoms with E-state index in [2.05, 4.69) is 16.0 Å². The van der Waals surface area contributed by atoms with Gasteiger partial charge in [0.15, 0.2) is 18.9 Å². The molecule has 0 radical (unpaired) electrons. The van der Waals surface area contributed by atoms with Gasteiger partial charge >= 0.3 is 5.97 Å². The zero-order valence-electron chi connectivity index (χ0n) is 34.2. The molecule has 0 aromatic rings.